The predicted molar refractivity (Wildman–Crippen MR) is 106 cm³/mol. The van der Waals surface area contributed by atoms with Crippen molar-refractivity contribution in [3.05, 3.63) is 29.8 Å². The molecule has 1 unspecified atom stereocenters. The number of amides is 1. The predicted octanol–water partition coefficient (Wildman–Crippen LogP) is 2.95. The van der Waals surface area contributed by atoms with Crippen molar-refractivity contribution >= 4 is 17.5 Å². The van der Waals surface area contributed by atoms with E-state index >= 15 is 0 Å². The largest absolute Gasteiger partial charge is 0.497 e. The van der Waals surface area contributed by atoms with Crippen LogP contribution in [0.3, 0.4) is 0 Å². The van der Waals surface area contributed by atoms with Crippen LogP contribution in [-0.2, 0) is 20.8 Å². The van der Waals surface area contributed by atoms with Gasteiger partial charge in [-0.2, -0.15) is 0 Å². The van der Waals surface area contributed by atoms with Crippen molar-refractivity contribution < 1.29 is 24.1 Å². The molecule has 1 aromatic rings. The molecule has 6 nitrogen and oxygen atoms in total. The molecular formula is C21H30ClNO5. The number of hydrogen-bond donors (Lipinski definition) is 1. The van der Waals surface area contributed by atoms with Gasteiger partial charge in [-0.1, -0.05) is 26.0 Å². The van der Waals surface area contributed by atoms with E-state index in [0.717, 1.165) is 11.3 Å². The van der Waals surface area contributed by atoms with Crippen LogP contribution in [0.4, 0.5) is 0 Å². The molecule has 0 aromatic heterocycles. The van der Waals surface area contributed by atoms with Gasteiger partial charge in [0.25, 0.3) is 0 Å². The molecule has 1 saturated heterocycles. The Morgan fingerprint density at radius 2 is 1.86 bits per heavy atom. The third-order valence-electron chi connectivity index (χ3n) is 5.96. The second-order valence-corrected chi connectivity index (χ2v) is 8.73. The van der Waals surface area contributed by atoms with E-state index in [-0.39, 0.29) is 23.7 Å². The van der Waals surface area contributed by atoms with Gasteiger partial charge in [-0.15, -0.1) is 11.6 Å². The number of methoxy groups -OCH3 is 1. The number of alkyl halides is 1. The van der Waals surface area contributed by atoms with Crippen molar-refractivity contribution in [1.82, 2.24) is 4.90 Å². The van der Waals surface area contributed by atoms with Crippen LogP contribution in [0.5, 0.6) is 5.75 Å². The monoisotopic (exact) mass is 411 g/mol. The van der Waals surface area contributed by atoms with Crippen LogP contribution in [-0.4, -0.2) is 60.1 Å². The first-order valence-corrected chi connectivity index (χ1v) is 10.2. The summed E-state index contributed by atoms with van der Waals surface area (Å²) in [7, 11) is 1.61. The Bertz CT molecular complexity index is 687. The standard InChI is InChI=1S/C21H30ClNO5/c1-19(2)14-20(25,8-9-21(19)27-10-11-28-21)15-23(18(24)12-22)13-16-4-6-17(26-3)7-5-16/h4-7,25H,8-15H2,1-3H3. The van der Waals surface area contributed by atoms with Crippen LogP contribution >= 0.6 is 11.6 Å². The van der Waals surface area contributed by atoms with E-state index in [4.69, 9.17) is 25.8 Å². The maximum absolute atomic E-state index is 12.5. The van der Waals surface area contributed by atoms with E-state index in [2.05, 4.69) is 13.8 Å². The Morgan fingerprint density at radius 3 is 2.39 bits per heavy atom. The number of nitrogens with zero attached hydrogens (tertiary/aromatic N) is 1. The van der Waals surface area contributed by atoms with E-state index in [1.807, 2.05) is 24.3 Å². The second kappa shape index (κ2) is 8.19. The summed E-state index contributed by atoms with van der Waals surface area (Å²) in [6.45, 7) is 5.88. The Hall–Kier alpha value is -1.34. The average molecular weight is 412 g/mol. The van der Waals surface area contributed by atoms with Gasteiger partial charge in [0.2, 0.25) is 5.91 Å². The van der Waals surface area contributed by atoms with Crippen molar-refractivity contribution in [2.24, 2.45) is 5.41 Å². The van der Waals surface area contributed by atoms with Gasteiger partial charge in [0, 0.05) is 24.9 Å². The zero-order valence-electron chi connectivity index (χ0n) is 16.9. The Morgan fingerprint density at radius 1 is 1.21 bits per heavy atom. The van der Waals surface area contributed by atoms with Gasteiger partial charge in [-0.25, -0.2) is 0 Å². The van der Waals surface area contributed by atoms with Gasteiger partial charge in [0.15, 0.2) is 5.79 Å². The van der Waals surface area contributed by atoms with Gasteiger partial charge in [0.05, 0.1) is 25.9 Å². The van der Waals surface area contributed by atoms with E-state index < -0.39 is 11.4 Å². The molecule has 1 aliphatic carbocycles. The van der Waals surface area contributed by atoms with Gasteiger partial charge in [-0.05, 0) is 30.5 Å². The highest BCUT2D eigenvalue weighted by Crippen LogP contribution is 2.52. The van der Waals surface area contributed by atoms with Crippen LogP contribution in [0.25, 0.3) is 0 Å². The topological polar surface area (TPSA) is 68.2 Å². The smallest absolute Gasteiger partial charge is 0.237 e. The summed E-state index contributed by atoms with van der Waals surface area (Å²) in [6, 6.07) is 7.54. The lowest BCUT2D eigenvalue weighted by molar-refractivity contribution is -0.271. The number of benzene rings is 1. The lowest BCUT2D eigenvalue weighted by Gasteiger charge is -2.52. The highest BCUT2D eigenvalue weighted by molar-refractivity contribution is 6.27. The summed E-state index contributed by atoms with van der Waals surface area (Å²) < 4.78 is 17.1. The molecule has 3 rings (SSSR count). The van der Waals surface area contributed by atoms with Gasteiger partial charge < -0.3 is 24.2 Å². The molecule has 1 saturated carbocycles. The SMILES string of the molecule is COc1ccc(CN(CC2(O)CCC3(OCCO3)C(C)(C)C2)C(=O)CCl)cc1. The summed E-state index contributed by atoms with van der Waals surface area (Å²) in [5.74, 6) is -0.201. The van der Waals surface area contributed by atoms with Crippen molar-refractivity contribution in [2.45, 2.75) is 51.0 Å². The van der Waals surface area contributed by atoms with E-state index in [1.54, 1.807) is 12.0 Å². The second-order valence-electron chi connectivity index (χ2n) is 8.47. The van der Waals surface area contributed by atoms with E-state index in [1.165, 1.54) is 0 Å². The Kier molecular flexibility index (Phi) is 6.25. The fourth-order valence-electron chi connectivity index (χ4n) is 4.53. The molecule has 2 aliphatic rings. The molecule has 0 bridgehead atoms. The highest BCUT2D eigenvalue weighted by Gasteiger charge is 2.57. The summed E-state index contributed by atoms with van der Waals surface area (Å²) in [5.41, 5.74) is -0.429. The quantitative estimate of drug-likeness (QED) is 0.729. The number of ether oxygens (including phenoxy) is 3. The maximum Gasteiger partial charge on any atom is 0.237 e. The highest BCUT2D eigenvalue weighted by atomic mass is 35.5. The lowest BCUT2D eigenvalue weighted by Crippen LogP contribution is -2.59. The minimum atomic E-state index is -1.02. The van der Waals surface area contributed by atoms with E-state index in [0.29, 0.717) is 39.0 Å². The molecule has 1 amide bonds. The minimum Gasteiger partial charge on any atom is -0.497 e. The van der Waals surface area contributed by atoms with Crippen LogP contribution < -0.4 is 4.74 Å². The van der Waals surface area contributed by atoms with Gasteiger partial charge in [0.1, 0.15) is 11.6 Å². The molecule has 1 N–H and O–H groups in total. The zero-order valence-corrected chi connectivity index (χ0v) is 17.6. The molecule has 7 heteroatoms. The number of rotatable bonds is 6. The van der Waals surface area contributed by atoms with Crippen LogP contribution in [0.1, 0.15) is 38.7 Å². The fraction of sp³-hybridized carbons (Fsp3) is 0.667. The fourth-order valence-corrected chi connectivity index (χ4v) is 4.70. The summed E-state index contributed by atoms with van der Waals surface area (Å²) >= 11 is 5.85. The molecule has 1 spiro atoms. The Labute approximate surface area is 171 Å². The first kappa shape index (κ1) is 21.4. The lowest BCUT2D eigenvalue weighted by atomic mass is 9.65. The number of carbonyl (C=O) groups excluding carboxylic acids is 1. The molecule has 1 aliphatic heterocycles. The first-order chi connectivity index (χ1) is 13.2. The molecule has 2 fully saturated rings. The Balaban J connectivity index is 1.73. The van der Waals surface area contributed by atoms with Crippen LogP contribution in [0.15, 0.2) is 24.3 Å². The molecule has 0 radical (unpaired) electrons. The van der Waals surface area contributed by atoms with Crippen LogP contribution in [0.2, 0.25) is 0 Å². The molecule has 1 heterocycles. The van der Waals surface area contributed by atoms with Gasteiger partial charge in [-0.3, -0.25) is 4.79 Å². The molecule has 28 heavy (non-hydrogen) atoms. The summed E-state index contributed by atoms with van der Waals surface area (Å²) in [6.07, 6.45) is 1.59. The molecule has 1 atom stereocenters. The van der Waals surface area contributed by atoms with Crippen LogP contribution in [0, 0.1) is 5.41 Å². The van der Waals surface area contributed by atoms with E-state index in [9.17, 15) is 9.90 Å². The van der Waals surface area contributed by atoms with Crippen molar-refractivity contribution in [3.8, 4) is 5.75 Å². The van der Waals surface area contributed by atoms with Crippen molar-refractivity contribution in [1.29, 1.82) is 0 Å². The normalized spacial score (nSPS) is 25.6. The van der Waals surface area contributed by atoms with Crippen molar-refractivity contribution in [3.63, 3.8) is 0 Å². The number of halogens is 1. The molecule has 1 aromatic carbocycles. The first-order valence-electron chi connectivity index (χ1n) is 9.70. The third-order valence-corrected chi connectivity index (χ3v) is 6.19. The third kappa shape index (κ3) is 4.30. The number of carbonyl (C=O) groups is 1. The minimum absolute atomic E-state index is 0.119. The summed E-state index contributed by atoms with van der Waals surface area (Å²) in [4.78, 5) is 14.1. The average Bonchev–Trinajstić information content (AvgIpc) is 3.15. The zero-order chi connectivity index (χ0) is 20.4. The van der Waals surface area contributed by atoms with Gasteiger partial charge >= 0.3 is 0 Å². The molecule has 156 valence electrons. The number of hydrogen-bond acceptors (Lipinski definition) is 5. The maximum atomic E-state index is 12.5. The molecular weight excluding hydrogens is 382 g/mol. The number of aliphatic hydroxyl groups is 1. The van der Waals surface area contributed by atoms with Crippen molar-refractivity contribution in [2.75, 3.05) is 32.7 Å². The summed E-state index contributed by atoms with van der Waals surface area (Å²) in [5, 5.41) is 11.4.